The van der Waals surface area contributed by atoms with Crippen LogP contribution in [0, 0.1) is 0 Å². The van der Waals surface area contributed by atoms with Gasteiger partial charge in [-0.1, -0.05) is 0 Å². The lowest BCUT2D eigenvalue weighted by molar-refractivity contribution is -0.433. The largest absolute Gasteiger partial charge is 0.396 e. The quantitative estimate of drug-likeness (QED) is 0.540. The minimum Gasteiger partial charge on any atom is -0.396 e. The summed E-state index contributed by atoms with van der Waals surface area (Å²) in [5.41, 5.74) is 0. The van der Waals surface area contributed by atoms with Crippen molar-refractivity contribution in [3.63, 3.8) is 0 Å². The van der Waals surface area contributed by atoms with E-state index in [4.69, 9.17) is 5.11 Å². The third-order valence-electron chi connectivity index (χ3n) is 2.98. The summed E-state index contributed by atoms with van der Waals surface area (Å²) < 4.78 is 178. The maximum atomic E-state index is 13.1. The lowest BCUT2D eigenvalue weighted by Crippen LogP contribution is -2.71. The highest BCUT2D eigenvalue weighted by atomic mass is 19.4. The smallest absolute Gasteiger partial charge is 0.384 e. The maximum Gasteiger partial charge on any atom is 0.384 e. The van der Waals surface area contributed by atoms with Crippen LogP contribution in [0.5, 0.6) is 0 Å². The third-order valence-corrected chi connectivity index (χ3v) is 2.98. The zero-order valence-electron chi connectivity index (χ0n) is 11.4. The van der Waals surface area contributed by atoms with E-state index >= 15 is 0 Å². The average molecular weight is 410 g/mol. The Morgan fingerprint density at radius 2 is 0.960 bits per heavy atom. The van der Waals surface area contributed by atoms with Gasteiger partial charge >= 0.3 is 42.0 Å². The molecule has 25 heavy (non-hydrogen) atoms. The molecule has 0 aromatic carbocycles. The molecule has 0 fully saturated rings. The second-order valence-electron chi connectivity index (χ2n) is 4.75. The molecule has 0 spiro atoms. The van der Waals surface area contributed by atoms with E-state index in [9.17, 15) is 61.5 Å². The van der Waals surface area contributed by atoms with E-state index in [0.717, 1.165) is 0 Å². The van der Waals surface area contributed by atoms with Crippen molar-refractivity contribution < 1.29 is 66.6 Å². The summed E-state index contributed by atoms with van der Waals surface area (Å²) in [6.45, 7) is -1.33. The first-order valence-electron chi connectivity index (χ1n) is 5.91. The number of alkyl halides is 14. The van der Waals surface area contributed by atoms with Crippen molar-refractivity contribution in [2.75, 3.05) is 6.61 Å². The molecule has 0 unspecified atom stereocenters. The zero-order valence-corrected chi connectivity index (χ0v) is 11.4. The van der Waals surface area contributed by atoms with Gasteiger partial charge < -0.3 is 5.11 Å². The van der Waals surface area contributed by atoms with Crippen molar-refractivity contribution in [3.05, 3.63) is 0 Å². The molecule has 0 aliphatic rings. The lowest BCUT2D eigenvalue weighted by atomic mass is 9.90. The van der Waals surface area contributed by atoms with Gasteiger partial charge in [-0.05, 0) is 6.42 Å². The van der Waals surface area contributed by atoms with Gasteiger partial charge in [0.1, 0.15) is 0 Å². The standard InChI is InChI=1S/C10H8F14O/c11-4(12)6(15,16)8(19,20)10(23,24)9(21,22)7(17,18)5(13,14)2-1-3-25/h4,25H,1-3H2. The molecule has 15 heteroatoms. The van der Waals surface area contributed by atoms with Crippen molar-refractivity contribution in [2.24, 2.45) is 0 Å². The SMILES string of the molecule is OCCCC(F)(F)C(F)(F)C(F)(F)C(F)(F)C(F)(F)C(F)(F)C(F)F. The second-order valence-corrected chi connectivity index (χ2v) is 4.75. The predicted octanol–water partition coefficient (Wildman–Crippen LogP) is 4.84. The van der Waals surface area contributed by atoms with E-state index < -0.39 is 61.4 Å². The fourth-order valence-electron chi connectivity index (χ4n) is 1.43. The molecule has 0 saturated carbocycles. The summed E-state index contributed by atoms with van der Waals surface area (Å²) in [6, 6.07) is 0. The Hall–Kier alpha value is -1.02. The van der Waals surface area contributed by atoms with Crippen molar-refractivity contribution >= 4 is 0 Å². The number of hydrogen-bond acceptors (Lipinski definition) is 1. The molecule has 0 rings (SSSR count). The highest BCUT2D eigenvalue weighted by Gasteiger charge is 2.90. The van der Waals surface area contributed by atoms with Gasteiger partial charge in [0.15, 0.2) is 0 Å². The van der Waals surface area contributed by atoms with Gasteiger partial charge in [0.2, 0.25) is 0 Å². The molecule has 0 radical (unpaired) electrons. The van der Waals surface area contributed by atoms with Crippen LogP contribution in [0.4, 0.5) is 61.5 Å². The Bertz CT molecular complexity index is 457. The fraction of sp³-hybridized carbons (Fsp3) is 1.00. The topological polar surface area (TPSA) is 20.2 Å². The summed E-state index contributed by atoms with van der Waals surface area (Å²) >= 11 is 0. The first kappa shape index (κ1) is 24.0. The Morgan fingerprint density at radius 3 is 1.28 bits per heavy atom. The molecule has 0 amide bonds. The molecular weight excluding hydrogens is 402 g/mol. The van der Waals surface area contributed by atoms with Crippen molar-refractivity contribution in [1.29, 1.82) is 0 Å². The van der Waals surface area contributed by atoms with Gasteiger partial charge in [-0.3, -0.25) is 0 Å². The number of aliphatic hydroxyl groups is 1. The molecular formula is C10H8F14O. The van der Waals surface area contributed by atoms with Crippen LogP contribution in [0.25, 0.3) is 0 Å². The zero-order chi connectivity index (χ0) is 20.7. The Labute approximate surface area is 129 Å². The molecule has 0 saturated heterocycles. The second kappa shape index (κ2) is 6.61. The van der Waals surface area contributed by atoms with Gasteiger partial charge in [0.05, 0.1) is 0 Å². The average Bonchev–Trinajstić information content (AvgIpc) is 2.43. The maximum absolute atomic E-state index is 13.1. The summed E-state index contributed by atoms with van der Waals surface area (Å²) in [5.74, 6) is -44.4. The van der Waals surface area contributed by atoms with E-state index in [1.165, 1.54) is 0 Å². The monoisotopic (exact) mass is 410 g/mol. The van der Waals surface area contributed by atoms with E-state index in [0.29, 0.717) is 0 Å². The van der Waals surface area contributed by atoms with Crippen molar-refractivity contribution in [3.8, 4) is 0 Å². The van der Waals surface area contributed by atoms with E-state index in [-0.39, 0.29) is 0 Å². The summed E-state index contributed by atoms with van der Waals surface area (Å²) in [5, 5.41) is 8.14. The highest BCUT2D eigenvalue weighted by molar-refractivity contribution is 5.12. The van der Waals surface area contributed by atoms with Crippen molar-refractivity contribution in [2.45, 2.75) is 54.8 Å². The molecule has 0 heterocycles. The number of hydrogen-bond donors (Lipinski definition) is 1. The van der Waals surface area contributed by atoms with E-state index in [1.54, 1.807) is 0 Å². The number of rotatable bonds is 9. The van der Waals surface area contributed by atoms with Crippen LogP contribution in [0.15, 0.2) is 0 Å². The van der Waals surface area contributed by atoms with Gasteiger partial charge in [-0.25, -0.2) is 8.78 Å². The molecule has 152 valence electrons. The summed E-state index contributed by atoms with van der Waals surface area (Å²) in [4.78, 5) is 0. The number of halogens is 14. The third kappa shape index (κ3) is 3.35. The first-order valence-corrected chi connectivity index (χ1v) is 5.91. The van der Waals surface area contributed by atoms with Crippen LogP contribution >= 0.6 is 0 Å². The summed E-state index contributed by atoms with van der Waals surface area (Å²) in [6.07, 6.45) is -9.50. The number of aliphatic hydroxyl groups excluding tert-OH is 1. The molecule has 0 atom stereocenters. The highest BCUT2D eigenvalue weighted by Crippen LogP contribution is 2.61. The molecule has 0 aliphatic carbocycles. The van der Waals surface area contributed by atoms with Crippen LogP contribution in [-0.2, 0) is 0 Å². The van der Waals surface area contributed by atoms with Gasteiger partial charge in [0.25, 0.3) is 0 Å². The van der Waals surface area contributed by atoms with Gasteiger partial charge in [0, 0.05) is 13.0 Å². The molecule has 0 aliphatic heterocycles. The molecule has 1 nitrogen and oxygen atoms in total. The Kier molecular flexibility index (Phi) is 6.34. The predicted molar refractivity (Wildman–Crippen MR) is 52.0 cm³/mol. The van der Waals surface area contributed by atoms with Crippen molar-refractivity contribution in [1.82, 2.24) is 0 Å². The molecule has 0 bridgehead atoms. The minimum absolute atomic E-state index is 1.33. The first-order chi connectivity index (χ1) is 10.8. The molecule has 0 aromatic rings. The minimum atomic E-state index is -7.99. The fourth-order valence-corrected chi connectivity index (χ4v) is 1.43. The van der Waals surface area contributed by atoms with Crippen LogP contribution in [0.2, 0.25) is 0 Å². The van der Waals surface area contributed by atoms with Crippen LogP contribution in [-0.4, -0.2) is 53.7 Å². The molecule has 1 N–H and O–H groups in total. The Morgan fingerprint density at radius 1 is 0.600 bits per heavy atom. The Balaban J connectivity index is 6.20. The van der Waals surface area contributed by atoms with E-state index in [2.05, 4.69) is 0 Å². The lowest BCUT2D eigenvalue weighted by Gasteiger charge is -2.41. The van der Waals surface area contributed by atoms with Crippen LogP contribution in [0.3, 0.4) is 0 Å². The van der Waals surface area contributed by atoms with Crippen LogP contribution < -0.4 is 0 Å². The molecule has 0 aromatic heterocycles. The van der Waals surface area contributed by atoms with Crippen LogP contribution in [0.1, 0.15) is 12.8 Å². The summed E-state index contributed by atoms with van der Waals surface area (Å²) in [7, 11) is 0. The normalized spacial score (nSPS) is 15.8. The van der Waals surface area contributed by atoms with E-state index in [1.807, 2.05) is 0 Å². The van der Waals surface area contributed by atoms with Gasteiger partial charge in [-0.15, -0.1) is 0 Å². The van der Waals surface area contributed by atoms with Gasteiger partial charge in [-0.2, -0.15) is 52.7 Å².